The first-order valence-electron chi connectivity index (χ1n) is 5.27. The van der Waals surface area contributed by atoms with Gasteiger partial charge in [0.15, 0.2) is 5.82 Å². The minimum Gasteiger partial charge on any atom is -0.480 e. The first kappa shape index (κ1) is 13.6. The number of imidazole rings is 1. The van der Waals surface area contributed by atoms with E-state index >= 15 is 0 Å². The molecule has 0 saturated carbocycles. The Morgan fingerprint density at radius 1 is 1.37 bits per heavy atom. The zero-order chi connectivity index (χ0) is 14.2. The number of aromatic nitrogens is 2. The normalized spacial score (nSPS) is 12.4. The third-order valence-corrected chi connectivity index (χ3v) is 3.18. The fraction of sp³-hybridized carbons (Fsp3) is 0.182. The molecule has 0 aliphatic carbocycles. The fourth-order valence-electron chi connectivity index (χ4n) is 1.44. The van der Waals surface area contributed by atoms with Gasteiger partial charge in [0.05, 0.1) is 21.1 Å². The van der Waals surface area contributed by atoms with Crippen LogP contribution < -0.4 is 5.32 Å². The van der Waals surface area contributed by atoms with Gasteiger partial charge in [-0.3, -0.25) is 9.59 Å². The Labute approximate surface area is 117 Å². The van der Waals surface area contributed by atoms with E-state index in [9.17, 15) is 9.59 Å². The van der Waals surface area contributed by atoms with Gasteiger partial charge in [0.1, 0.15) is 6.04 Å². The van der Waals surface area contributed by atoms with Crippen molar-refractivity contribution in [3.05, 3.63) is 28.0 Å². The number of carbonyl (C=O) groups is 2. The van der Waals surface area contributed by atoms with Gasteiger partial charge in [-0.1, -0.05) is 23.2 Å². The number of carboxylic acids is 1. The zero-order valence-electron chi connectivity index (χ0n) is 9.70. The van der Waals surface area contributed by atoms with E-state index in [1.54, 1.807) is 6.07 Å². The molecule has 0 radical (unpaired) electrons. The lowest BCUT2D eigenvalue weighted by atomic mass is 10.3. The lowest BCUT2D eigenvalue weighted by Gasteiger charge is -2.06. The smallest absolute Gasteiger partial charge is 0.325 e. The van der Waals surface area contributed by atoms with Crippen LogP contribution in [0.5, 0.6) is 0 Å². The van der Waals surface area contributed by atoms with E-state index in [0.29, 0.717) is 21.1 Å². The molecule has 1 unspecified atom stereocenters. The van der Waals surface area contributed by atoms with Gasteiger partial charge in [-0.2, -0.15) is 0 Å². The minimum atomic E-state index is -1.13. The van der Waals surface area contributed by atoms with Crippen molar-refractivity contribution >= 4 is 46.1 Å². The molecule has 1 amide bonds. The average molecular weight is 302 g/mol. The molecule has 0 aliphatic heterocycles. The molecule has 2 aromatic rings. The summed E-state index contributed by atoms with van der Waals surface area (Å²) in [6, 6.07) is 2.06. The van der Waals surface area contributed by atoms with Gasteiger partial charge in [0.25, 0.3) is 5.91 Å². The summed E-state index contributed by atoms with van der Waals surface area (Å²) in [6.45, 7) is 1.36. The number of rotatable bonds is 3. The first-order chi connectivity index (χ1) is 8.88. The number of aromatic amines is 1. The van der Waals surface area contributed by atoms with E-state index in [4.69, 9.17) is 28.3 Å². The summed E-state index contributed by atoms with van der Waals surface area (Å²) in [7, 11) is 0. The Balaban J connectivity index is 2.31. The van der Waals surface area contributed by atoms with Crippen molar-refractivity contribution < 1.29 is 14.7 Å². The molecule has 1 aromatic heterocycles. The fourth-order valence-corrected chi connectivity index (χ4v) is 1.76. The number of fused-ring (bicyclic) bond motifs is 1. The van der Waals surface area contributed by atoms with Crippen molar-refractivity contribution in [3.8, 4) is 0 Å². The van der Waals surface area contributed by atoms with Gasteiger partial charge in [0, 0.05) is 0 Å². The number of benzene rings is 1. The van der Waals surface area contributed by atoms with Crippen molar-refractivity contribution in [2.24, 2.45) is 0 Å². The second-order valence-corrected chi connectivity index (χ2v) is 4.72. The van der Waals surface area contributed by atoms with Crippen LogP contribution in [-0.4, -0.2) is 33.0 Å². The monoisotopic (exact) mass is 301 g/mol. The molecule has 3 N–H and O–H groups in total. The number of hydrogen-bond acceptors (Lipinski definition) is 3. The van der Waals surface area contributed by atoms with Gasteiger partial charge in [-0.05, 0) is 19.1 Å². The van der Waals surface area contributed by atoms with Gasteiger partial charge in [-0.15, -0.1) is 0 Å². The van der Waals surface area contributed by atoms with Gasteiger partial charge < -0.3 is 15.4 Å². The summed E-state index contributed by atoms with van der Waals surface area (Å²) in [5.74, 6) is -1.74. The van der Waals surface area contributed by atoms with E-state index in [1.165, 1.54) is 13.0 Å². The van der Waals surface area contributed by atoms with Crippen LogP contribution in [0.25, 0.3) is 11.0 Å². The van der Waals surface area contributed by atoms with Gasteiger partial charge >= 0.3 is 5.97 Å². The number of aliphatic carboxylic acids is 1. The molecule has 0 bridgehead atoms. The maximum absolute atomic E-state index is 11.8. The molecular weight excluding hydrogens is 293 g/mol. The molecule has 2 rings (SSSR count). The van der Waals surface area contributed by atoms with Crippen molar-refractivity contribution in [1.82, 2.24) is 15.3 Å². The second kappa shape index (κ2) is 5.07. The number of carbonyl (C=O) groups excluding carboxylic acids is 1. The summed E-state index contributed by atoms with van der Waals surface area (Å²) in [5, 5.41) is 11.7. The molecule has 100 valence electrons. The maximum atomic E-state index is 11.8. The Morgan fingerprint density at radius 3 is 2.63 bits per heavy atom. The molecule has 6 nitrogen and oxygen atoms in total. The number of amides is 1. The molecular formula is C11H9Cl2N3O3. The van der Waals surface area contributed by atoms with Gasteiger partial charge in [0.2, 0.25) is 0 Å². The topological polar surface area (TPSA) is 95.1 Å². The molecule has 19 heavy (non-hydrogen) atoms. The van der Waals surface area contributed by atoms with Crippen LogP contribution in [0.4, 0.5) is 0 Å². The molecule has 1 aromatic carbocycles. The van der Waals surface area contributed by atoms with E-state index in [0.717, 1.165) is 0 Å². The van der Waals surface area contributed by atoms with Crippen molar-refractivity contribution in [3.63, 3.8) is 0 Å². The molecule has 1 heterocycles. The lowest BCUT2D eigenvalue weighted by molar-refractivity contribution is -0.138. The highest BCUT2D eigenvalue weighted by Gasteiger charge is 2.18. The minimum absolute atomic E-state index is 0.00133. The highest BCUT2D eigenvalue weighted by atomic mass is 35.5. The summed E-state index contributed by atoms with van der Waals surface area (Å²) in [5.41, 5.74) is 1.02. The van der Waals surface area contributed by atoms with Crippen molar-refractivity contribution in [2.75, 3.05) is 0 Å². The Kier molecular flexibility index (Phi) is 3.64. The van der Waals surface area contributed by atoms with E-state index < -0.39 is 17.9 Å². The molecule has 1 atom stereocenters. The largest absolute Gasteiger partial charge is 0.480 e. The first-order valence-corrected chi connectivity index (χ1v) is 6.02. The average Bonchev–Trinajstić information content (AvgIpc) is 2.72. The summed E-state index contributed by atoms with van der Waals surface area (Å²) in [4.78, 5) is 29.2. The number of nitrogens with one attached hydrogen (secondary N) is 2. The Bertz CT molecular complexity index is 629. The van der Waals surface area contributed by atoms with Crippen LogP contribution in [0.15, 0.2) is 12.1 Å². The van der Waals surface area contributed by atoms with Crippen molar-refractivity contribution in [2.45, 2.75) is 13.0 Å². The standard InChI is InChI=1S/C11H9Cl2N3O3/c1-4(11(18)19)14-10(17)9-15-7-2-5(12)6(13)3-8(7)16-9/h2-4H,1H3,(H,14,17)(H,15,16)(H,18,19). The second-order valence-electron chi connectivity index (χ2n) is 3.90. The van der Waals surface area contributed by atoms with E-state index in [1.807, 2.05) is 0 Å². The number of hydrogen-bond donors (Lipinski definition) is 3. The molecule has 0 fully saturated rings. The predicted octanol–water partition coefficient (Wildman–Crippen LogP) is 2.07. The Hall–Kier alpha value is -1.79. The van der Waals surface area contributed by atoms with Crippen LogP contribution in [-0.2, 0) is 4.79 Å². The van der Waals surface area contributed by atoms with Crippen molar-refractivity contribution in [1.29, 1.82) is 0 Å². The maximum Gasteiger partial charge on any atom is 0.325 e. The lowest BCUT2D eigenvalue weighted by Crippen LogP contribution is -2.38. The van der Waals surface area contributed by atoms with Crippen LogP contribution in [0.2, 0.25) is 10.0 Å². The van der Waals surface area contributed by atoms with Gasteiger partial charge in [-0.25, -0.2) is 4.98 Å². The third kappa shape index (κ3) is 2.80. The molecule has 0 saturated heterocycles. The molecule has 8 heteroatoms. The molecule has 0 aliphatic rings. The highest BCUT2D eigenvalue weighted by Crippen LogP contribution is 2.26. The summed E-state index contributed by atoms with van der Waals surface area (Å²) < 4.78 is 0. The predicted molar refractivity (Wildman–Crippen MR) is 70.7 cm³/mol. The SMILES string of the molecule is CC(NC(=O)c1nc2cc(Cl)c(Cl)cc2[nH]1)C(=O)O. The van der Waals surface area contributed by atoms with Crippen LogP contribution in [0, 0.1) is 0 Å². The number of halogens is 2. The Morgan fingerprint density at radius 2 is 2.00 bits per heavy atom. The number of H-pyrrole nitrogens is 1. The highest BCUT2D eigenvalue weighted by molar-refractivity contribution is 6.42. The summed E-state index contributed by atoms with van der Waals surface area (Å²) >= 11 is 11.7. The van der Waals surface area contributed by atoms with Crippen LogP contribution >= 0.6 is 23.2 Å². The van der Waals surface area contributed by atoms with E-state index in [-0.39, 0.29) is 5.82 Å². The quantitative estimate of drug-likeness (QED) is 0.809. The molecule has 0 spiro atoms. The zero-order valence-corrected chi connectivity index (χ0v) is 11.2. The summed E-state index contributed by atoms with van der Waals surface area (Å²) in [6.07, 6.45) is 0. The van der Waals surface area contributed by atoms with Crippen LogP contribution in [0.1, 0.15) is 17.5 Å². The van der Waals surface area contributed by atoms with Crippen LogP contribution in [0.3, 0.4) is 0 Å². The van der Waals surface area contributed by atoms with E-state index in [2.05, 4.69) is 15.3 Å². The number of carboxylic acid groups (broad SMARTS) is 1. The number of nitrogens with zero attached hydrogens (tertiary/aromatic N) is 1. The third-order valence-electron chi connectivity index (χ3n) is 2.46.